The predicted molar refractivity (Wildman–Crippen MR) is 68.8 cm³/mol. The van der Waals surface area contributed by atoms with Crippen LogP contribution >= 0.6 is 0 Å². The molecule has 0 bridgehead atoms. The molecule has 100 valence electrons. The van der Waals surface area contributed by atoms with Gasteiger partial charge >= 0.3 is 0 Å². The van der Waals surface area contributed by atoms with Gasteiger partial charge in [-0.1, -0.05) is 18.2 Å². The van der Waals surface area contributed by atoms with Crippen molar-refractivity contribution in [3.05, 3.63) is 35.4 Å². The molecule has 1 heterocycles. The van der Waals surface area contributed by atoms with E-state index < -0.39 is 6.43 Å². The second-order valence-electron chi connectivity index (χ2n) is 4.95. The molecule has 1 atom stereocenters. The minimum Gasteiger partial charge on any atom is -0.311 e. The lowest BCUT2D eigenvalue weighted by Crippen LogP contribution is -2.35. The van der Waals surface area contributed by atoms with E-state index in [1.54, 1.807) is 12.1 Å². The molecule has 1 unspecified atom stereocenters. The Morgan fingerprint density at radius 1 is 1.44 bits per heavy atom. The van der Waals surface area contributed by atoms with Crippen LogP contribution in [0.15, 0.2) is 24.3 Å². The van der Waals surface area contributed by atoms with Crippen LogP contribution in [-0.2, 0) is 6.54 Å². The van der Waals surface area contributed by atoms with Crippen molar-refractivity contribution in [3.63, 3.8) is 0 Å². The summed E-state index contributed by atoms with van der Waals surface area (Å²) >= 11 is 0. The van der Waals surface area contributed by atoms with Crippen LogP contribution in [0, 0.1) is 0 Å². The van der Waals surface area contributed by atoms with E-state index in [0.29, 0.717) is 12.6 Å². The van der Waals surface area contributed by atoms with Crippen LogP contribution in [0.3, 0.4) is 0 Å². The lowest BCUT2D eigenvalue weighted by Gasteiger charge is -2.19. The zero-order valence-electron chi connectivity index (χ0n) is 10.7. The molecule has 1 aliphatic heterocycles. The Hall–Kier alpha value is -1.00. The Balaban J connectivity index is 1.81. The summed E-state index contributed by atoms with van der Waals surface area (Å²) in [5.41, 5.74) is 1.03. The number of rotatable bonds is 5. The normalized spacial score (nSPS) is 20.8. The third-order valence-electron chi connectivity index (χ3n) is 3.58. The van der Waals surface area contributed by atoms with Crippen molar-refractivity contribution >= 4 is 0 Å². The minimum atomic E-state index is -2.38. The molecule has 1 aromatic carbocycles. The molecule has 0 saturated carbocycles. The second-order valence-corrected chi connectivity index (χ2v) is 4.95. The van der Waals surface area contributed by atoms with Crippen molar-refractivity contribution in [2.45, 2.75) is 31.9 Å². The Morgan fingerprint density at radius 2 is 2.28 bits per heavy atom. The van der Waals surface area contributed by atoms with Gasteiger partial charge in [-0.15, -0.1) is 0 Å². The molecule has 2 rings (SSSR count). The van der Waals surface area contributed by atoms with E-state index in [-0.39, 0.29) is 5.56 Å². The third kappa shape index (κ3) is 3.50. The molecule has 0 amide bonds. The monoisotopic (exact) mass is 254 g/mol. The fourth-order valence-corrected chi connectivity index (χ4v) is 2.46. The van der Waals surface area contributed by atoms with Crippen molar-refractivity contribution < 1.29 is 8.78 Å². The molecular formula is C14H20F2N2. The van der Waals surface area contributed by atoms with E-state index in [4.69, 9.17) is 0 Å². The summed E-state index contributed by atoms with van der Waals surface area (Å²) in [5.74, 6) is 0. The summed E-state index contributed by atoms with van der Waals surface area (Å²) in [7, 11) is 2.14. The number of benzene rings is 1. The lowest BCUT2D eigenvalue weighted by molar-refractivity contribution is 0.151. The van der Waals surface area contributed by atoms with Crippen LogP contribution in [0.4, 0.5) is 8.78 Å². The molecule has 0 spiro atoms. The maximum absolute atomic E-state index is 12.5. The first kappa shape index (κ1) is 13.4. The van der Waals surface area contributed by atoms with E-state index >= 15 is 0 Å². The Labute approximate surface area is 107 Å². The number of nitrogens with zero attached hydrogens (tertiary/aromatic N) is 1. The van der Waals surface area contributed by atoms with Gasteiger partial charge in [0.25, 0.3) is 6.43 Å². The minimum absolute atomic E-state index is 0.104. The van der Waals surface area contributed by atoms with Gasteiger partial charge in [0.05, 0.1) is 0 Å². The molecule has 18 heavy (non-hydrogen) atoms. The van der Waals surface area contributed by atoms with E-state index in [2.05, 4.69) is 17.3 Å². The van der Waals surface area contributed by atoms with Gasteiger partial charge in [0.1, 0.15) is 0 Å². The molecule has 1 N–H and O–H groups in total. The molecule has 0 radical (unpaired) electrons. The average molecular weight is 254 g/mol. The highest BCUT2D eigenvalue weighted by atomic mass is 19.3. The first-order valence-electron chi connectivity index (χ1n) is 6.45. The smallest absolute Gasteiger partial charge is 0.263 e. The summed E-state index contributed by atoms with van der Waals surface area (Å²) in [4.78, 5) is 2.35. The van der Waals surface area contributed by atoms with Gasteiger partial charge < -0.3 is 10.2 Å². The van der Waals surface area contributed by atoms with Crippen LogP contribution in [-0.4, -0.2) is 31.1 Å². The Kier molecular flexibility index (Phi) is 4.66. The quantitative estimate of drug-likeness (QED) is 0.869. The van der Waals surface area contributed by atoms with Gasteiger partial charge in [-0.3, -0.25) is 0 Å². The molecule has 1 fully saturated rings. The highest BCUT2D eigenvalue weighted by molar-refractivity contribution is 5.24. The number of hydrogen-bond donors (Lipinski definition) is 1. The molecular weight excluding hydrogens is 234 g/mol. The topological polar surface area (TPSA) is 15.3 Å². The first-order chi connectivity index (χ1) is 8.66. The molecule has 2 nitrogen and oxygen atoms in total. The first-order valence-corrected chi connectivity index (χ1v) is 6.45. The Morgan fingerprint density at radius 3 is 2.94 bits per heavy atom. The fourth-order valence-electron chi connectivity index (χ4n) is 2.46. The number of likely N-dealkylation sites (tertiary alicyclic amines) is 1. The van der Waals surface area contributed by atoms with Crippen LogP contribution in [0.25, 0.3) is 0 Å². The van der Waals surface area contributed by atoms with Crippen molar-refractivity contribution in [2.75, 3.05) is 20.1 Å². The molecule has 0 aliphatic carbocycles. The van der Waals surface area contributed by atoms with Crippen LogP contribution < -0.4 is 5.32 Å². The number of hydrogen-bond acceptors (Lipinski definition) is 2. The summed E-state index contributed by atoms with van der Waals surface area (Å²) < 4.78 is 25.1. The zero-order valence-corrected chi connectivity index (χ0v) is 10.7. The van der Waals surface area contributed by atoms with Crippen molar-refractivity contribution in [2.24, 2.45) is 0 Å². The predicted octanol–water partition coefficient (Wildman–Crippen LogP) is 2.81. The van der Waals surface area contributed by atoms with Crippen LogP contribution in [0.5, 0.6) is 0 Å². The summed E-state index contributed by atoms with van der Waals surface area (Å²) in [6.07, 6.45) is 0.0931. The molecule has 1 aromatic rings. The molecule has 1 aliphatic rings. The largest absolute Gasteiger partial charge is 0.311 e. The highest BCUT2D eigenvalue weighted by Gasteiger charge is 2.19. The number of nitrogens with one attached hydrogen (secondary N) is 1. The van der Waals surface area contributed by atoms with Crippen LogP contribution in [0.1, 0.15) is 30.4 Å². The standard InChI is InChI=1S/C14H20F2N2/c1-18-7-3-6-13(18)10-17-9-11-4-2-5-12(8-11)14(15)16/h2,4-5,8,13-14,17H,3,6-7,9-10H2,1H3. The Bertz CT molecular complexity index is 382. The number of likely N-dealkylation sites (N-methyl/N-ethyl adjacent to an activating group) is 1. The van der Waals surface area contributed by atoms with Crippen molar-refractivity contribution in [1.82, 2.24) is 10.2 Å². The summed E-state index contributed by atoms with van der Waals surface area (Å²) in [6, 6.07) is 7.22. The van der Waals surface area contributed by atoms with Gasteiger partial charge in [-0.2, -0.15) is 0 Å². The van der Waals surface area contributed by atoms with Gasteiger partial charge in [0.2, 0.25) is 0 Å². The second kappa shape index (κ2) is 6.25. The van der Waals surface area contributed by atoms with Gasteiger partial charge in [0, 0.05) is 24.7 Å². The maximum Gasteiger partial charge on any atom is 0.263 e. The lowest BCUT2D eigenvalue weighted by atomic mass is 10.1. The van der Waals surface area contributed by atoms with E-state index in [9.17, 15) is 8.78 Å². The van der Waals surface area contributed by atoms with Gasteiger partial charge in [0.15, 0.2) is 0 Å². The van der Waals surface area contributed by atoms with Gasteiger partial charge in [-0.25, -0.2) is 8.78 Å². The fraction of sp³-hybridized carbons (Fsp3) is 0.571. The summed E-state index contributed by atoms with van der Waals surface area (Å²) in [5, 5.41) is 3.35. The highest BCUT2D eigenvalue weighted by Crippen LogP contribution is 2.19. The summed E-state index contributed by atoms with van der Waals surface area (Å²) in [6.45, 7) is 2.74. The zero-order chi connectivity index (χ0) is 13.0. The van der Waals surface area contributed by atoms with E-state index in [1.807, 2.05) is 6.07 Å². The third-order valence-corrected chi connectivity index (χ3v) is 3.58. The molecule has 4 heteroatoms. The van der Waals surface area contributed by atoms with Crippen molar-refractivity contribution in [1.29, 1.82) is 0 Å². The van der Waals surface area contributed by atoms with E-state index in [1.165, 1.54) is 18.9 Å². The van der Waals surface area contributed by atoms with Crippen molar-refractivity contribution in [3.8, 4) is 0 Å². The number of alkyl halides is 2. The van der Waals surface area contributed by atoms with E-state index in [0.717, 1.165) is 18.7 Å². The molecule has 0 aromatic heterocycles. The average Bonchev–Trinajstić information content (AvgIpc) is 2.76. The van der Waals surface area contributed by atoms with Gasteiger partial charge in [-0.05, 0) is 38.1 Å². The SMILES string of the molecule is CN1CCCC1CNCc1cccc(C(F)F)c1. The molecule has 1 saturated heterocycles. The van der Waals surface area contributed by atoms with Crippen LogP contribution in [0.2, 0.25) is 0 Å². The maximum atomic E-state index is 12.5. The number of halogens is 2.